The molecule has 0 fully saturated rings. The van der Waals surface area contributed by atoms with Gasteiger partial charge >= 0.3 is 0 Å². The van der Waals surface area contributed by atoms with Crippen LogP contribution in [0.3, 0.4) is 0 Å². The van der Waals surface area contributed by atoms with Crippen LogP contribution in [-0.2, 0) is 4.79 Å². The highest BCUT2D eigenvalue weighted by atomic mass is 16.5. The van der Waals surface area contributed by atoms with E-state index in [9.17, 15) is 4.79 Å². The normalized spacial score (nSPS) is 9.60. The van der Waals surface area contributed by atoms with Crippen molar-refractivity contribution in [1.82, 2.24) is 0 Å². The van der Waals surface area contributed by atoms with E-state index in [-0.39, 0.29) is 5.91 Å². The molecule has 0 radical (unpaired) electrons. The molecular weight excluding hydrogens is 194 g/mol. The van der Waals surface area contributed by atoms with Gasteiger partial charge in [0.2, 0.25) is 5.91 Å². The zero-order chi connectivity index (χ0) is 11.4. The fraction of sp³-hybridized carbons (Fsp3) is 0.364. The molecule has 0 aromatic heterocycles. The van der Waals surface area contributed by atoms with E-state index in [0.29, 0.717) is 11.5 Å². The lowest BCUT2D eigenvalue weighted by atomic mass is 10.2. The van der Waals surface area contributed by atoms with Crippen molar-refractivity contribution in [2.45, 2.75) is 6.92 Å². The molecule has 82 valence electrons. The average Bonchev–Trinajstić information content (AvgIpc) is 2.27. The molecule has 4 heteroatoms. The third kappa shape index (κ3) is 2.62. The Morgan fingerprint density at radius 1 is 1.13 bits per heavy atom. The molecule has 0 atom stereocenters. The van der Waals surface area contributed by atoms with Crippen molar-refractivity contribution in [1.29, 1.82) is 0 Å². The van der Waals surface area contributed by atoms with Gasteiger partial charge < -0.3 is 14.4 Å². The SMILES string of the molecule is COc1cc(OC)cc(N(C)C(C)=O)c1. The van der Waals surface area contributed by atoms with Gasteiger partial charge in [0.1, 0.15) is 11.5 Å². The Bertz CT molecular complexity index is 341. The summed E-state index contributed by atoms with van der Waals surface area (Å²) in [7, 11) is 4.86. The maximum absolute atomic E-state index is 11.2. The minimum Gasteiger partial charge on any atom is -0.497 e. The summed E-state index contributed by atoms with van der Waals surface area (Å²) in [6.07, 6.45) is 0. The molecule has 0 N–H and O–H groups in total. The lowest BCUT2D eigenvalue weighted by molar-refractivity contribution is -0.116. The molecule has 1 rings (SSSR count). The first-order valence-electron chi connectivity index (χ1n) is 4.56. The number of anilines is 1. The summed E-state index contributed by atoms with van der Waals surface area (Å²) in [5.41, 5.74) is 0.749. The number of benzene rings is 1. The summed E-state index contributed by atoms with van der Waals surface area (Å²) in [6, 6.07) is 5.32. The summed E-state index contributed by atoms with van der Waals surface area (Å²) < 4.78 is 10.2. The monoisotopic (exact) mass is 209 g/mol. The van der Waals surface area contributed by atoms with Gasteiger partial charge in [0.25, 0.3) is 0 Å². The average molecular weight is 209 g/mol. The van der Waals surface area contributed by atoms with Gasteiger partial charge in [-0.05, 0) is 0 Å². The Hall–Kier alpha value is -1.71. The van der Waals surface area contributed by atoms with Gasteiger partial charge in [0.15, 0.2) is 0 Å². The molecule has 0 bridgehead atoms. The van der Waals surface area contributed by atoms with E-state index in [1.165, 1.54) is 11.8 Å². The highest BCUT2D eigenvalue weighted by molar-refractivity contribution is 5.91. The first-order valence-corrected chi connectivity index (χ1v) is 4.56. The van der Waals surface area contributed by atoms with Crippen LogP contribution >= 0.6 is 0 Å². The molecule has 0 aliphatic carbocycles. The van der Waals surface area contributed by atoms with E-state index in [0.717, 1.165) is 5.69 Å². The second-order valence-corrected chi connectivity index (χ2v) is 3.15. The predicted octanol–water partition coefficient (Wildman–Crippen LogP) is 1.69. The third-order valence-corrected chi connectivity index (χ3v) is 2.20. The van der Waals surface area contributed by atoms with Crippen molar-refractivity contribution in [2.75, 3.05) is 26.2 Å². The molecule has 0 spiro atoms. The second kappa shape index (κ2) is 4.68. The maximum Gasteiger partial charge on any atom is 0.223 e. The number of ether oxygens (including phenoxy) is 2. The topological polar surface area (TPSA) is 38.8 Å². The fourth-order valence-corrected chi connectivity index (χ4v) is 1.17. The Morgan fingerprint density at radius 3 is 1.93 bits per heavy atom. The standard InChI is InChI=1S/C11H15NO3/c1-8(13)12(2)9-5-10(14-3)7-11(6-9)15-4/h5-7H,1-4H3. The lowest BCUT2D eigenvalue weighted by Gasteiger charge is -2.16. The van der Waals surface area contributed by atoms with E-state index in [4.69, 9.17) is 9.47 Å². The van der Waals surface area contributed by atoms with Crippen LogP contribution in [0.2, 0.25) is 0 Å². The minimum absolute atomic E-state index is 0.0368. The number of carbonyl (C=O) groups excluding carboxylic acids is 1. The molecule has 0 heterocycles. The molecule has 15 heavy (non-hydrogen) atoms. The Morgan fingerprint density at radius 2 is 1.60 bits per heavy atom. The molecule has 1 aromatic rings. The first-order chi connectivity index (χ1) is 7.08. The molecule has 0 aliphatic rings. The molecule has 1 amide bonds. The lowest BCUT2D eigenvalue weighted by Crippen LogP contribution is -2.22. The number of carbonyl (C=O) groups is 1. The van der Waals surface area contributed by atoms with Crippen molar-refractivity contribution in [3.63, 3.8) is 0 Å². The minimum atomic E-state index is -0.0368. The Labute approximate surface area is 89.4 Å². The van der Waals surface area contributed by atoms with Crippen LogP contribution in [0.15, 0.2) is 18.2 Å². The Kier molecular flexibility index (Phi) is 3.55. The molecule has 4 nitrogen and oxygen atoms in total. The van der Waals surface area contributed by atoms with Crippen LogP contribution in [0.5, 0.6) is 11.5 Å². The number of amides is 1. The van der Waals surface area contributed by atoms with Crippen LogP contribution < -0.4 is 14.4 Å². The quantitative estimate of drug-likeness (QED) is 0.760. The molecule has 0 unspecified atom stereocenters. The largest absolute Gasteiger partial charge is 0.497 e. The summed E-state index contributed by atoms with van der Waals surface area (Å²) in [6.45, 7) is 1.51. The van der Waals surface area contributed by atoms with Crippen molar-refractivity contribution < 1.29 is 14.3 Å². The Balaban J connectivity index is 3.11. The summed E-state index contributed by atoms with van der Waals surface area (Å²) in [5, 5.41) is 0. The van der Waals surface area contributed by atoms with E-state index < -0.39 is 0 Å². The second-order valence-electron chi connectivity index (χ2n) is 3.15. The third-order valence-electron chi connectivity index (χ3n) is 2.20. The van der Waals surface area contributed by atoms with Crippen LogP contribution in [-0.4, -0.2) is 27.2 Å². The van der Waals surface area contributed by atoms with Crippen LogP contribution in [0, 0.1) is 0 Å². The molecule has 0 saturated heterocycles. The van der Waals surface area contributed by atoms with Gasteiger partial charge in [-0.25, -0.2) is 0 Å². The number of nitrogens with zero attached hydrogens (tertiary/aromatic N) is 1. The zero-order valence-electron chi connectivity index (χ0n) is 9.40. The number of hydrogen-bond acceptors (Lipinski definition) is 3. The van der Waals surface area contributed by atoms with Crippen molar-refractivity contribution in [3.8, 4) is 11.5 Å². The van der Waals surface area contributed by atoms with Gasteiger partial charge in [-0.3, -0.25) is 4.79 Å². The molecule has 0 aliphatic heterocycles. The van der Waals surface area contributed by atoms with E-state index >= 15 is 0 Å². The van der Waals surface area contributed by atoms with Crippen LogP contribution in [0.25, 0.3) is 0 Å². The van der Waals surface area contributed by atoms with E-state index in [2.05, 4.69) is 0 Å². The molecular formula is C11H15NO3. The first kappa shape index (κ1) is 11.4. The van der Waals surface area contributed by atoms with E-state index in [1.807, 2.05) is 0 Å². The van der Waals surface area contributed by atoms with Gasteiger partial charge in [0.05, 0.1) is 19.9 Å². The molecule has 1 aromatic carbocycles. The van der Waals surface area contributed by atoms with Gasteiger partial charge in [-0.15, -0.1) is 0 Å². The smallest absolute Gasteiger partial charge is 0.223 e. The van der Waals surface area contributed by atoms with Gasteiger partial charge in [-0.2, -0.15) is 0 Å². The molecule has 0 saturated carbocycles. The predicted molar refractivity (Wildman–Crippen MR) is 58.6 cm³/mol. The summed E-state index contributed by atoms with van der Waals surface area (Å²) in [4.78, 5) is 12.7. The number of rotatable bonds is 3. The van der Waals surface area contributed by atoms with Crippen molar-refractivity contribution in [2.24, 2.45) is 0 Å². The number of hydrogen-bond donors (Lipinski definition) is 0. The van der Waals surface area contributed by atoms with Gasteiger partial charge in [-0.1, -0.05) is 0 Å². The van der Waals surface area contributed by atoms with Crippen molar-refractivity contribution >= 4 is 11.6 Å². The highest BCUT2D eigenvalue weighted by Gasteiger charge is 2.08. The van der Waals surface area contributed by atoms with E-state index in [1.54, 1.807) is 39.5 Å². The summed E-state index contributed by atoms with van der Waals surface area (Å²) >= 11 is 0. The fourth-order valence-electron chi connectivity index (χ4n) is 1.17. The van der Waals surface area contributed by atoms with Gasteiger partial charge in [0, 0.05) is 32.2 Å². The van der Waals surface area contributed by atoms with Crippen LogP contribution in [0.1, 0.15) is 6.92 Å². The highest BCUT2D eigenvalue weighted by Crippen LogP contribution is 2.27. The number of methoxy groups -OCH3 is 2. The van der Waals surface area contributed by atoms with Crippen LogP contribution in [0.4, 0.5) is 5.69 Å². The summed E-state index contributed by atoms with van der Waals surface area (Å²) in [5.74, 6) is 1.29. The zero-order valence-corrected chi connectivity index (χ0v) is 9.40. The maximum atomic E-state index is 11.2. The van der Waals surface area contributed by atoms with Crippen molar-refractivity contribution in [3.05, 3.63) is 18.2 Å².